The number of aromatic carboxylic acids is 1. The minimum atomic E-state index is -4.40. The smallest absolute Gasteiger partial charge is 0.416 e. The van der Waals surface area contributed by atoms with Crippen molar-refractivity contribution in [2.45, 2.75) is 56.2 Å². The minimum absolute atomic E-state index is 0.0617. The molecule has 1 aromatic heterocycles. The van der Waals surface area contributed by atoms with Crippen LogP contribution in [0.1, 0.15) is 63.4 Å². The first-order valence-electron chi connectivity index (χ1n) is 14.6. The van der Waals surface area contributed by atoms with Crippen molar-refractivity contribution in [1.29, 1.82) is 0 Å². The molecule has 0 aliphatic carbocycles. The lowest BCUT2D eigenvalue weighted by Crippen LogP contribution is -2.44. The molecule has 10 nitrogen and oxygen atoms in total. The number of piperidine rings is 1. The fourth-order valence-corrected chi connectivity index (χ4v) is 7.80. The van der Waals surface area contributed by atoms with Crippen LogP contribution in [0.25, 0.3) is 0 Å². The number of halogens is 3. The van der Waals surface area contributed by atoms with Crippen LogP contribution in [-0.4, -0.2) is 69.2 Å². The molecule has 1 aliphatic rings. The van der Waals surface area contributed by atoms with E-state index < -0.39 is 33.6 Å². The summed E-state index contributed by atoms with van der Waals surface area (Å²) < 4.78 is 76.0. The molecule has 0 radical (unpaired) electrons. The van der Waals surface area contributed by atoms with E-state index in [0.717, 1.165) is 36.7 Å². The average molecular weight is 686 g/mol. The van der Waals surface area contributed by atoms with Crippen molar-refractivity contribution in [3.63, 3.8) is 0 Å². The maximum absolute atomic E-state index is 13.4. The van der Waals surface area contributed by atoms with Crippen molar-refractivity contribution in [2.24, 2.45) is 0 Å². The summed E-state index contributed by atoms with van der Waals surface area (Å²) >= 11 is 0.799. The fourth-order valence-electron chi connectivity index (χ4n) is 4.58. The highest BCUT2D eigenvalue weighted by Gasteiger charge is 2.34. The number of amides is 1. The van der Waals surface area contributed by atoms with Crippen molar-refractivity contribution in [3.05, 3.63) is 81.7 Å². The van der Waals surface area contributed by atoms with E-state index in [4.69, 9.17) is 9.47 Å². The van der Waals surface area contributed by atoms with Gasteiger partial charge in [0.1, 0.15) is 9.96 Å². The lowest BCUT2D eigenvalue weighted by atomic mass is 10.1. The fraction of sp³-hybridized carbons (Fsp3) is 0.419. The zero-order valence-electron chi connectivity index (χ0n) is 25.7. The third-order valence-corrected chi connectivity index (χ3v) is 10.6. The number of hydrogen-bond donors (Lipinski definition) is 3. The molecule has 0 unspecified atom stereocenters. The minimum Gasteiger partial charge on any atom is -0.497 e. The first-order chi connectivity index (χ1) is 21.8. The largest absolute Gasteiger partial charge is 0.497 e. The van der Waals surface area contributed by atoms with Gasteiger partial charge in [-0.3, -0.25) is 4.79 Å². The average Bonchev–Trinajstić information content (AvgIpc) is 3.49. The van der Waals surface area contributed by atoms with Gasteiger partial charge in [-0.05, 0) is 68.7 Å². The van der Waals surface area contributed by atoms with Crippen LogP contribution in [-0.2, 0) is 34.0 Å². The van der Waals surface area contributed by atoms with Crippen molar-refractivity contribution in [3.8, 4) is 5.75 Å². The molecule has 46 heavy (non-hydrogen) atoms. The van der Waals surface area contributed by atoms with Crippen molar-refractivity contribution < 1.29 is 45.8 Å². The molecule has 3 aromatic rings. The molecule has 0 spiro atoms. The summed E-state index contributed by atoms with van der Waals surface area (Å²) in [5, 5.41) is 15.6. The molecule has 1 saturated heterocycles. The monoisotopic (exact) mass is 685 g/mol. The molecule has 252 valence electrons. The second-order valence-electron chi connectivity index (χ2n) is 10.2. The number of carboxylic acids is 1. The first kappa shape index (κ1) is 37.0. The van der Waals surface area contributed by atoms with Crippen LogP contribution in [0.3, 0.4) is 0 Å². The van der Waals surface area contributed by atoms with E-state index in [-0.39, 0.29) is 35.4 Å². The summed E-state index contributed by atoms with van der Waals surface area (Å²) in [7, 11) is -2.65. The number of nitrogens with one attached hydrogen (secondary N) is 2. The summed E-state index contributed by atoms with van der Waals surface area (Å²) in [6, 6.07) is 12.5. The predicted molar refractivity (Wildman–Crippen MR) is 168 cm³/mol. The quantitative estimate of drug-likeness (QED) is 0.231. The van der Waals surface area contributed by atoms with Crippen LogP contribution in [0, 0.1) is 0 Å². The molecule has 2 heterocycles. The summed E-state index contributed by atoms with van der Waals surface area (Å²) in [5.74, 6) is -1.32. The van der Waals surface area contributed by atoms with E-state index in [2.05, 4.69) is 10.6 Å². The van der Waals surface area contributed by atoms with Gasteiger partial charge in [0, 0.05) is 49.3 Å². The molecular formula is C31H38F3N3O7S2. The molecule has 0 atom stereocenters. The summed E-state index contributed by atoms with van der Waals surface area (Å²) in [6.07, 6.45) is -3.52. The number of carboxylic acid groups (broad SMARTS) is 1. The zero-order chi connectivity index (χ0) is 33.9. The molecule has 1 aliphatic heterocycles. The lowest BCUT2D eigenvalue weighted by Gasteiger charge is -2.31. The molecule has 1 amide bonds. The van der Waals surface area contributed by atoms with Crippen LogP contribution in [0.5, 0.6) is 5.75 Å². The normalized spacial score (nSPS) is 14.3. The number of carbonyl (C=O) groups is 2. The number of hydrogen-bond acceptors (Lipinski definition) is 8. The number of alkyl halides is 3. The molecule has 1 fully saturated rings. The van der Waals surface area contributed by atoms with Crippen LogP contribution in [0.15, 0.2) is 58.8 Å². The standard InChI is InChI=1S/C27H28F3N3O6S2.C4H10O/c1-39-21-4-2-3-18(13-21)24(34)32-16-22-14-23(25(35)36)26(40-22)41(37,38)33-11-9-20(10-12-33)31-15-17-5-7-19(8-6-17)27(28,29)30;1-3-5-4-2/h2-8,13-14,20,31H,9-12,15-16H2,1H3,(H,32,34)(H,35,36);3-4H2,1-2H3. The number of benzene rings is 2. The maximum Gasteiger partial charge on any atom is 0.416 e. The number of rotatable bonds is 12. The van der Waals surface area contributed by atoms with Crippen LogP contribution in [0.2, 0.25) is 0 Å². The summed E-state index contributed by atoms with van der Waals surface area (Å²) in [5.41, 5.74) is -0.0783. The Labute approximate surface area is 270 Å². The number of ether oxygens (including phenoxy) is 2. The lowest BCUT2D eigenvalue weighted by molar-refractivity contribution is -0.137. The van der Waals surface area contributed by atoms with Gasteiger partial charge in [-0.25, -0.2) is 13.2 Å². The number of thiophene rings is 1. The van der Waals surface area contributed by atoms with E-state index in [9.17, 15) is 36.3 Å². The maximum atomic E-state index is 13.4. The Morgan fingerprint density at radius 1 is 1.02 bits per heavy atom. The third kappa shape index (κ3) is 10.3. The number of nitrogens with zero attached hydrogens (tertiary/aromatic N) is 1. The summed E-state index contributed by atoms with van der Waals surface area (Å²) in [4.78, 5) is 24.8. The zero-order valence-corrected chi connectivity index (χ0v) is 27.4. The number of sulfonamides is 1. The third-order valence-electron chi connectivity index (χ3n) is 7.05. The molecule has 15 heteroatoms. The van der Waals surface area contributed by atoms with Gasteiger partial charge in [-0.2, -0.15) is 17.5 Å². The molecular weight excluding hydrogens is 647 g/mol. The van der Waals surface area contributed by atoms with Crippen LogP contribution >= 0.6 is 11.3 Å². The molecule has 4 rings (SSSR count). The molecule has 3 N–H and O–H groups in total. The van der Waals surface area contributed by atoms with Crippen molar-refractivity contribution in [1.82, 2.24) is 14.9 Å². The summed E-state index contributed by atoms with van der Waals surface area (Å²) in [6.45, 7) is 6.22. The topological polar surface area (TPSA) is 134 Å². The van der Waals surface area contributed by atoms with Gasteiger partial charge >= 0.3 is 12.1 Å². The Hall–Kier alpha value is -3.50. The van der Waals surface area contributed by atoms with Crippen molar-refractivity contribution >= 4 is 33.2 Å². The van der Waals surface area contributed by atoms with Gasteiger partial charge in [-0.15, -0.1) is 11.3 Å². The van der Waals surface area contributed by atoms with Gasteiger partial charge < -0.3 is 25.2 Å². The van der Waals surface area contributed by atoms with E-state index in [1.165, 1.54) is 29.6 Å². The molecule has 0 bridgehead atoms. The van der Waals surface area contributed by atoms with E-state index in [0.29, 0.717) is 41.1 Å². The first-order valence-corrected chi connectivity index (χ1v) is 16.8. The number of carbonyl (C=O) groups excluding carboxylic acids is 1. The Balaban J connectivity index is 0.00000107. The van der Waals surface area contributed by atoms with Gasteiger partial charge in [0.25, 0.3) is 15.9 Å². The Kier molecular flexibility index (Phi) is 13.6. The second-order valence-corrected chi connectivity index (χ2v) is 13.4. The van der Waals surface area contributed by atoms with Gasteiger partial charge in [0.2, 0.25) is 0 Å². The van der Waals surface area contributed by atoms with Gasteiger partial charge in [0.05, 0.1) is 24.8 Å². The van der Waals surface area contributed by atoms with Gasteiger partial charge in [0.15, 0.2) is 0 Å². The molecule has 0 saturated carbocycles. The highest BCUT2D eigenvalue weighted by atomic mass is 32.2. The van der Waals surface area contributed by atoms with Crippen molar-refractivity contribution in [2.75, 3.05) is 33.4 Å². The Morgan fingerprint density at radius 3 is 2.22 bits per heavy atom. The number of methoxy groups -OCH3 is 1. The van der Waals surface area contributed by atoms with E-state index in [1.807, 2.05) is 13.8 Å². The SMILES string of the molecule is CCOCC.COc1cccc(C(=O)NCc2cc(C(=O)O)c(S(=O)(=O)N3CCC(NCc4ccc(C(F)(F)F)cc4)CC3)s2)c1. The molecule has 2 aromatic carbocycles. The van der Waals surface area contributed by atoms with Crippen LogP contribution in [0.4, 0.5) is 13.2 Å². The Morgan fingerprint density at radius 2 is 1.67 bits per heavy atom. The van der Waals surface area contributed by atoms with E-state index >= 15 is 0 Å². The highest BCUT2D eigenvalue weighted by molar-refractivity contribution is 7.91. The van der Waals surface area contributed by atoms with E-state index in [1.54, 1.807) is 24.3 Å². The van der Waals surface area contributed by atoms with Gasteiger partial charge in [-0.1, -0.05) is 18.2 Å². The predicted octanol–water partition coefficient (Wildman–Crippen LogP) is 5.39. The Bertz CT molecular complexity index is 1550. The highest BCUT2D eigenvalue weighted by Crippen LogP contribution is 2.32. The second kappa shape index (κ2) is 16.9. The van der Waals surface area contributed by atoms with Crippen LogP contribution < -0.4 is 15.4 Å².